The topological polar surface area (TPSA) is 56.8 Å². The maximum absolute atomic E-state index is 12.0. The third-order valence-corrected chi connectivity index (χ3v) is 2.96. The zero-order valence-corrected chi connectivity index (χ0v) is 13.2. The Balaban J connectivity index is 1.85. The number of amides is 1. The van der Waals surface area contributed by atoms with Gasteiger partial charge in [-0.05, 0) is 31.2 Å². The first-order chi connectivity index (χ1) is 11.3. The van der Waals surface area contributed by atoms with Crippen molar-refractivity contribution >= 4 is 11.6 Å². The highest BCUT2D eigenvalue weighted by atomic mass is 16.5. The maximum Gasteiger partial charge on any atom is 0.262 e. The van der Waals surface area contributed by atoms with Crippen molar-refractivity contribution in [2.75, 3.05) is 31.7 Å². The van der Waals surface area contributed by atoms with E-state index < -0.39 is 0 Å². The van der Waals surface area contributed by atoms with Crippen molar-refractivity contribution in [2.24, 2.45) is 0 Å². The number of benzene rings is 2. The molecule has 0 fully saturated rings. The molecular formula is C18H21NO4. The van der Waals surface area contributed by atoms with E-state index in [9.17, 15) is 4.79 Å². The van der Waals surface area contributed by atoms with Crippen molar-refractivity contribution in [2.45, 2.75) is 6.92 Å². The SMILES string of the molecule is CCOCCOc1ccccc1NC(=O)COc1ccccc1. The molecule has 0 unspecified atom stereocenters. The van der Waals surface area contributed by atoms with Gasteiger partial charge in [-0.1, -0.05) is 30.3 Å². The lowest BCUT2D eigenvalue weighted by molar-refractivity contribution is -0.118. The number of para-hydroxylation sites is 3. The lowest BCUT2D eigenvalue weighted by Gasteiger charge is -2.12. The number of rotatable bonds is 9. The van der Waals surface area contributed by atoms with Gasteiger partial charge in [0, 0.05) is 6.61 Å². The van der Waals surface area contributed by atoms with Crippen molar-refractivity contribution < 1.29 is 19.0 Å². The molecule has 0 spiro atoms. The molecule has 0 radical (unpaired) electrons. The standard InChI is InChI=1S/C18H21NO4/c1-2-21-12-13-22-17-11-7-6-10-16(17)19-18(20)14-23-15-8-4-3-5-9-15/h3-11H,2,12-14H2,1H3,(H,19,20). The minimum Gasteiger partial charge on any atom is -0.489 e. The monoisotopic (exact) mass is 315 g/mol. The van der Waals surface area contributed by atoms with Crippen molar-refractivity contribution in [1.29, 1.82) is 0 Å². The predicted octanol–water partition coefficient (Wildman–Crippen LogP) is 3.12. The van der Waals surface area contributed by atoms with Crippen LogP contribution in [-0.2, 0) is 9.53 Å². The first-order valence-corrected chi connectivity index (χ1v) is 7.57. The van der Waals surface area contributed by atoms with E-state index >= 15 is 0 Å². The molecule has 0 saturated heterocycles. The van der Waals surface area contributed by atoms with E-state index in [1.165, 1.54) is 0 Å². The minimum absolute atomic E-state index is 0.0582. The van der Waals surface area contributed by atoms with Gasteiger partial charge in [0.15, 0.2) is 6.61 Å². The fourth-order valence-electron chi connectivity index (χ4n) is 1.90. The Bertz CT molecular complexity index is 601. The van der Waals surface area contributed by atoms with Gasteiger partial charge in [0.2, 0.25) is 0 Å². The quantitative estimate of drug-likeness (QED) is 0.722. The fraction of sp³-hybridized carbons (Fsp3) is 0.278. The Morgan fingerprint density at radius 2 is 1.70 bits per heavy atom. The molecule has 5 heteroatoms. The molecular weight excluding hydrogens is 294 g/mol. The van der Waals surface area contributed by atoms with Crippen LogP contribution in [0.5, 0.6) is 11.5 Å². The number of carbonyl (C=O) groups excluding carboxylic acids is 1. The molecule has 0 bridgehead atoms. The van der Waals surface area contributed by atoms with E-state index in [2.05, 4.69) is 5.32 Å². The molecule has 0 heterocycles. The summed E-state index contributed by atoms with van der Waals surface area (Å²) in [5, 5.41) is 2.79. The van der Waals surface area contributed by atoms with Crippen LogP contribution in [0.15, 0.2) is 54.6 Å². The summed E-state index contributed by atoms with van der Waals surface area (Å²) in [6, 6.07) is 16.5. The summed E-state index contributed by atoms with van der Waals surface area (Å²) >= 11 is 0. The molecule has 0 aliphatic carbocycles. The Kier molecular flexibility index (Phi) is 6.94. The second kappa shape index (κ2) is 9.48. The van der Waals surface area contributed by atoms with Crippen molar-refractivity contribution in [3.05, 3.63) is 54.6 Å². The predicted molar refractivity (Wildman–Crippen MR) is 89.0 cm³/mol. The molecule has 23 heavy (non-hydrogen) atoms. The molecule has 0 aliphatic rings. The fourth-order valence-corrected chi connectivity index (χ4v) is 1.90. The molecule has 0 atom stereocenters. The maximum atomic E-state index is 12.0. The van der Waals surface area contributed by atoms with Gasteiger partial charge in [-0.15, -0.1) is 0 Å². The highest BCUT2D eigenvalue weighted by Gasteiger charge is 2.08. The average Bonchev–Trinajstić information content (AvgIpc) is 2.59. The zero-order chi connectivity index (χ0) is 16.3. The first kappa shape index (κ1) is 16.8. The summed E-state index contributed by atoms with van der Waals surface area (Å²) in [7, 11) is 0. The van der Waals surface area contributed by atoms with Crippen LogP contribution in [0.1, 0.15) is 6.92 Å². The molecule has 2 aromatic rings. The van der Waals surface area contributed by atoms with E-state index in [-0.39, 0.29) is 12.5 Å². The van der Waals surface area contributed by atoms with Gasteiger partial charge in [0.25, 0.3) is 5.91 Å². The lowest BCUT2D eigenvalue weighted by atomic mass is 10.3. The molecule has 0 aliphatic heterocycles. The molecule has 2 aromatic carbocycles. The Morgan fingerprint density at radius 3 is 2.48 bits per heavy atom. The van der Waals surface area contributed by atoms with Crippen LogP contribution in [0, 0.1) is 0 Å². The largest absolute Gasteiger partial charge is 0.489 e. The van der Waals surface area contributed by atoms with Gasteiger partial charge in [0.1, 0.15) is 18.1 Å². The van der Waals surface area contributed by atoms with E-state index in [1.54, 1.807) is 24.3 Å². The summed E-state index contributed by atoms with van der Waals surface area (Å²) in [4.78, 5) is 12.0. The van der Waals surface area contributed by atoms with Crippen molar-refractivity contribution in [1.82, 2.24) is 0 Å². The highest BCUT2D eigenvalue weighted by molar-refractivity contribution is 5.93. The minimum atomic E-state index is -0.241. The summed E-state index contributed by atoms with van der Waals surface area (Å²) in [6.07, 6.45) is 0. The summed E-state index contributed by atoms with van der Waals surface area (Å²) in [5.74, 6) is 1.03. The number of nitrogens with one attached hydrogen (secondary N) is 1. The first-order valence-electron chi connectivity index (χ1n) is 7.57. The van der Waals surface area contributed by atoms with Crippen LogP contribution >= 0.6 is 0 Å². The number of carbonyl (C=O) groups is 1. The molecule has 2 rings (SSSR count). The molecule has 5 nitrogen and oxygen atoms in total. The molecule has 1 amide bonds. The number of hydrogen-bond donors (Lipinski definition) is 1. The molecule has 0 aromatic heterocycles. The summed E-state index contributed by atoms with van der Waals surface area (Å²) < 4.78 is 16.3. The Morgan fingerprint density at radius 1 is 0.957 bits per heavy atom. The van der Waals surface area contributed by atoms with E-state index in [4.69, 9.17) is 14.2 Å². The van der Waals surface area contributed by atoms with Gasteiger partial charge in [-0.2, -0.15) is 0 Å². The van der Waals surface area contributed by atoms with Crippen molar-refractivity contribution in [3.8, 4) is 11.5 Å². The molecule has 122 valence electrons. The van der Waals surface area contributed by atoms with Gasteiger partial charge < -0.3 is 19.5 Å². The average molecular weight is 315 g/mol. The van der Waals surface area contributed by atoms with Gasteiger partial charge in [-0.25, -0.2) is 0 Å². The van der Waals surface area contributed by atoms with Crippen LogP contribution in [0.3, 0.4) is 0 Å². The lowest BCUT2D eigenvalue weighted by Crippen LogP contribution is -2.20. The van der Waals surface area contributed by atoms with Gasteiger partial charge in [0.05, 0.1) is 12.3 Å². The van der Waals surface area contributed by atoms with Crippen LogP contribution in [0.4, 0.5) is 5.69 Å². The van der Waals surface area contributed by atoms with E-state index in [1.807, 2.05) is 37.3 Å². The Hall–Kier alpha value is -2.53. The van der Waals surface area contributed by atoms with Crippen LogP contribution in [0.2, 0.25) is 0 Å². The highest BCUT2D eigenvalue weighted by Crippen LogP contribution is 2.23. The van der Waals surface area contributed by atoms with Crippen LogP contribution in [0.25, 0.3) is 0 Å². The number of anilines is 1. The van der Waals surface area contributed by atoms with Crippen LogP contribution < -0.4 is 14.8 Å². The number of ether oxygens (including phenoxy) is 3. The van der Waals surface area contributed by atoms with Gasteiger partial charge in [-0.3, -0.25) is 4.79 Å². The normalized spacial score (nSPS) is 10.1. The Labute approximate surface area is 136 Å². The summed E-state index contributed by atoms with van der Waals surface area (Å²) in [6.45, 7) is 3.47. The summed E-state index contributed by atoms with van der Waals surface area (Å²) in [5.41, 5.74) is 0.616. The van der Waals surface area contributed by atoms with E-state index in [0.29, 0.717) is 37.0 Å². The number of hydrogen-bond acceptors (Lipinski definition) is 4. The van der Waals surface area contributed by atoms with Crippen molar-refractivity contribution in [3.63, 3.8) is 0 Å². The third-order valence-electron chi connectivity index (χ3n) is 2.96. The smallest absolute Gasteiger partial charge is 0.262 e. The molecule has 0 saturated carbocycles. The second-order valence-corrected chi connectivity index (χ2v) is 4.69. The third kappa shape index (κ3) is 6.00. The second-order valence-electron chi connectivity index (χ2n) is 4.69. The molecule has 1 N–H and O–H groups in total. The zero-order valence-electron chi connectivity index (χ0n) is 13.2. The van der Waals surface area contributed by atoms with Gasteiger partial charge >= 0.3 is 0 Å². The van der Waals surface area contributed by atoms with E-state index in [0.717, 1.165) is 0 Å². The van der Waals surface area contributed by atoms with Crippen LogP contribution in [-0.4, -0.2) is 32.3 Å².